The lowest BCUT2D eigenvalue weighted by Gasteiger charge is -2.18. The Morgan fingerprint density at radius 2 is 2.05 bits per heavy atom. The predicted octanol–water partition coefficient (Wildman–Crippen LogP) is 3.38. The topological polar surface area (TPSA) is 41.5 Å². The standard InChI is InChI=1S/C16H25ClFNO2/c1-11(2)6-12(3)21-10-14(20)9-19-8-13-4-5-16(18)15(17)7-13/h4-5,7,11-12,14,19-20H,6,8-10H2,1-3H3. The van der Waals surface area contributed by atoms with E-state index in [0.29, 0.717) is 25.6 Å². The SMILES string of the molecule is CC(C)CC(C)OCC(O)CNCc1ccc(F)c(Cl)c1. The Labute approximate surface area is 131 Å². The first kappa shape index (κ1) is 18.4. The van der Waals surface area contributed by atoms with Crippen LogP contribution in [0.4, 0.5) is 4.39 Å². The number of ether oxygens (including phenoxy) is 1. The molecule has 0 fully saturated rings. The van der Waals surface area contributed by atoms with Gasteiger partial charge in [-0.05, 0) is 37.0 Å². The number of rotatable bonds is 9. The lowest BCUT2D eigenvalue weighted by Crippen LogP contribution is -2.31. The van der Waals surface area contributed by atoms with Crippen LogP contribution in [0.2, 0.25) is 5.02 Å². The van der Waals surface area contributed by atoms with Gasteiger partial charge in [-0.15, -0.1) is 0 Å². The van der Waals surface area contributed by atoms with Crippen molar-refractivity contribution in [3.8, 4) is 0 Å². The second-order valence-corrected chi connectivity index (χ2v) is 6.21. The molecule has 2 atom stereocenters. The van der Waals surface area contributed by atoms with Gasteiger partial charge in [-0.2, -0.15) is 0 Å². The molecule has 0 aliphatic heterocycles. The van der Waals surface area contributed by atoms with E-state index in [1.54, 1.807) is 12.1 Å². The summed E-state index contributed by atoms with van der Waals surface area (Å²) >= 11 is 5.71. The zero-order valence-corrected chi connectivity index (χ0v) is 13.7. The van der Waals surface area contributed by atoms with Crippen molar-refractivity contribution in [3.63, 3.8) is 0 Å². The van der Waals surface area contributed by atoms with E-state index in [-0.39, 0.29) is 11.1 Å². The molecule has 1 aromatic rings. The van der Waals surface area contributed by atoms with Crippen LogP contribution in [0.25, 0.3) is 0 Å². The molecule has 0 bridgehead atoms. The minimum absolute atomic E-state index is 0.112. The number of benzene rings is 1. The second kappa shape index (κ2) is 9.36. The molecule has 0 aliphatic carbocycles. The highest BCUT2D eigenvalue weighted by atomic mass is 35.5. The zero-order valence-electron chi connectivity index (χ0n) is 12.9. The number of hydrogen-bond acceptors (Lipinski definition) is 3. The summed E-state index contributed by atoms with van der Waals surface area (Å²) in [7, 11) is 0. The van der Waals surface area contributed by atoms with E-state index in [9.17, 15) is 9.50 Å². The normalized spacial score (nSPS) is 14.4. The van der Waals surface area contributed by atoms with Crippen LogP contribution in [0.5, 0.6) is 0 Å². The Morgan fingerprint density at radius 1 is 1.33 bits per heavy atom. The molecule has 2 N–H and O–H groups in total. The van der Waals surface area contributed by atoms with E-state index in [1.807, 2.05) is 6.92 Å². The molecule has 3 nitrogen and oxygen atoms in total. The van der Waals surface area contributed by atoms with E-state index in [2.05, 4.69) is 19.2 Å². The van der Waals surface area contributed by atoms with Gasteiger partial charge in [0, 0.05) is 13.1 Å². The first-order valence-corrected chi connectivity index (χ1v) is 7.70. The molecule has 120 valence electrons. The molecule has 0 heterocycles. The summed E-state index contributed by atoms with van der Waals surface area (Å²) in [5.74, 6) is 0.159. The summed E-state index contributed by atoms with van der Waals surface area (Å²) in [6.07, 6.45) is 0.569. The molecule has 0 radical (unpaired) electrons. The highest BCUT2D eigenvalue weighted by Gasteiger charge is 2.09. The van der Waals surface area contributed by atoms with Crippen molar-refractivity contribution in [1.29, 1.82) is 0 Å². The lowest BCUT2D eigenvalue weighted by molar-refractivity contribution is -0.00857. The molecule has 0 saturated heterocycles. The van der Waals surface area contributed by atoms with Gasteiger partial charge >= 0.3 is 0 Å². The van der Waals surface area contributed by atoms with Crippen molar-refractivity contribution >= 4 is 11.6 Å². The van der Waals surface area contributed by atoms with Crippen molar-refractivity contribution in [3.05, 3.63) is 34.6 Å². The van der Waals surface area contributed by atoms with Crippen molar-refractivity contribution in [1.82, 2.24) is 5.32 Å². The molecule has 5 heteroatoms. The van der Waals surface area contributed by atoms with Crippen LogP contribution < -0.4 is 5.32 Å². The summed E-state index contributed by atoms with van der Waals surface area (Å²) in [6, 6.07) is 4.59. The van der Waals surface area contributed by atoms with Crippen LogP contribution >= 0.6 is 11.6 Å². The Balaban J connectivity index is 2.21. The number of aliphatic hydroxyl groups excluding tert-OH is 1. The first-order chi connectivity index (χ1) is 9.88. The summed E-state index contributed by atoms with van der Waals surface area (Å²) in [6.45, 7) is 7.56. The van der Waals surface area contributed by atoms with Gasteiger partial charge in [-0.25, -0.2) is 4.39 Å². The van der Waals surface area contributed by atoms with E-state index < -0.39 is 11.9 Å². The first-order valence-electron chi connectivity index (χ1n) is 7.32. The second-order valence-electron chi connectivity index (χ2n) is 5.81. The van der Waals surface area contributed by atoms with Crippen LogP contribution in [0, 0.1) is 11.7 Å². The largest absolute Gasteiger partial charge is 0.389 e. The van der Waals surface area contributed by atoms with Gasteiger partial charge < -0.3 is 15.2 Å². The van der Waals surface area contributed by atoms with Gasteiger partial charge in [0.2, 0.25) is 0 Å². The van der Waals surface area contributed by atoms with Crippen LogP contribution in [0.15, 0.2) is 18.2 Å². The third kappa shape index (κ3) is 7.77. The molecule has 2 unspecified atom stereocenters. The smallest absolute Gasteiger partial charge is 0.141 e. The Hall–Kier alpha value is -0.680. The van der Waals surface area contributed by atoms with E-state index in [4.69, 9.17) is 16.3 Å². The molecule has 1 rings (SSSR count). The van der Waals surface area contributed by atoms with Gasteiger partial charge in [0.15, 0.2) is 0 Å². The third-order valence-electron chi connectivity index (χ3n) is 3.07. The van der Waals surface area contributed by atoms with Gasteiger partial charge in [0.1, 0.15) is 5.82 Å². The summed E-state index contributed by atoms with van der Waals surface area (Å²) in [5.41, 5.74) is 0.877. The summed E-state index contributed by atoms with van der Waals surface area (Å²) in [4.78, 5) is 0. The fourth-order valence-corrected chi connectivity index (χ4v) is 2.30. The molecule has 0 saturated carbocycles. The average molecular weight is 318 g/mol. The van der Waals surface area contributed by atoms with Crippen molar-refractivity contribution in [2.45, 2.75) is 45.9 Å². The maximum atomic E-state index is 13.0. The Kier molecular flexibility index (Phi) is 8.19. The number of nitrogens with one attached hydrogen (secondary N) is 1. The van der Waals surface area contributed by atoms with Gasteiger partial charge in [-0.1, -0.05) is 31.5 Å². The third-order valence-corrected chi connectivity index (χ3v) is 3.36. The predicted molar refractivity (Wildman–Crippen MR) is 84.0 cm³/mol. The van der Waals surface area contributed by atoms with Crippen LogP contribution in [0.1, 0.15) is 32.8 Å². The maximum Gasteiger partial charge on any atom is 0.141 e. The molecule has 1 aromatic carbocycles. The van der Waals surface area contributed by atoms with Gasteiger partial charge in [-0.3, -0.25) is 0 Å². The van der Waals surface area contributed by atoms with Crippen LogP contribution in [0.3, 0.4) is 0 Å². The molecule has 0 amide bonds. The summed E-state index contributed by atoms with van der Waals surface area (Å²) < 4.78 is 18.6. The number of hydrogen-bond donors (Lipinski definition) is 2. The highest BCUT2D eigenvalue weighted by molar-refractivity contribution is 6.30. The van der Waals surface area contributed by atoms with Crippen molar-refractivity contribution in [2.24, 2.45) is 5.92 Å². The lowest BCUT2D eigenvalue weighted by atomic mass is 10.1. The Bertz CT molecular complexity index is 429. The van der Waals surface area contributed by atoms with Crippen molar-refractivity contribution < 1.29 is 14.2 Å². The minimum Gasteiger partial charge on any atom is -0.389 e. The number of aliphatic hydroxyl groups is 1. The molecular formula is C16H25ClFNO2. The van der Waals surface area contributed by atoms with E-state index >= 15 is 0 Å². The Morgan fingerprint density at radius 3 is 2.67 bits per heavy atom. The molecule has 0 aliphatic rings. The molecule has 0 aromatic heterocycles. The molecule has 21 heavy (non-hydrogen) atoms. The fraction of sp³-hybridized carbons (Fsp3) is 0.625. The maximum absolute atomic E-state index is 13.0. The fourth-order valence-electron chi connectivity index (χ4n) is 2.10. The molecule has 0 spiro atoms. The summed E-state index contributed by atoms with van der Waals surface area (Å²) in [5, 5.41) is 13.0. The highest BCUT2D eigenvalue weighted by Crippen LogP contribution is 2.15. The van der Waals surface area contributed by atoms with Crippen LogP contribution in [-0.2, 0) is 11.3 Å². The average Bonchev–Trinajstić information content (AvgIpc) is 2.40. The number of halogens is 2. The van der Waals surface area contributed by atoms with E-state index in [1.165, 1.54) is 6.07 Å². The quantitative estimate of drug-likeness (QED) is 0.733. The monoisotopic (exact) mass is 317 g/mol. The van der Waals surface area contributed by atoms with Crippen molar-refractivity contribution in [2.75, 3.05) is 13.2 Å². The van der Waals surface area contributed by atoms with Gasteiger partial charge in [0.05, 0.1) is 23.8 Å². The van der Waals surface area contributed by atoms with Crippen LogP contribution in [-0.4, -0.2) is 30.5 Å². The molecular weight excluding hydrogens is 293 g/mol. The van der Waals surface area contributed by atoms with Gasteiger partial charge in [0.25, 0.3) is 0 Å². The van der Waals surface area contributed by atoms with E-state index in [0.717, 1.165) is 12.0 Å². The minimum atomic E-state index is -0.560. The zero-order chi connectivity index (χ0) is 15.8.